The molecule has 0 radical (unpaired) electrons. The molecule has 2 aliphatic carbocycles. The molecule has 2 aromatic heterocycles. The Labute approximate surface area is 560 Å². The number of benzene rings is 4. The lowest BCUT2D eigenvalue weighted by molar-refractivity contribution is 0.00578. The number of amides is 2. The molecule has 0 spiro atoms. The number of nitrogens with zero attached hydrogens (tertiary/aromatic N) is 6. The number of ether oxygens (including phenoxy) is 2. The van der Waals surface area contributed by atoms with Crippen LogP contribution in [-0.2, 0) is 40.5 Å². The molecule has 92 heavy (non-hydrogen) atoms. The van der Waals surface area contributed by atoms with Gasteiger partial charge in [-0.15, -0.1) is 0 Å². The summed E-state index contributed by atoms with van der Waals surface area (Å²) in [6.07, 6.45) is 12.5. The molecule has 4 aromatic carbocycles. The molecule has 18 heteroatoms. The first-order valence-corrected chi connectivity index (χ1v) is 39.9. The van der Waals surface area contributed by atoms with E-state index in [9.17, 15) is 20.1 Å². The van der Waals surface area contributed by atoms with E-state index in [4.69, 9.17) is 27.6 Å². The molecular weight excluding hydrogens is 1250 g/mol. The summed E-state index contributed by atoms with van der Waals surface area (Å²) in [4.78, 5) is 29.0. The summed E-state index contributed by atoms with van der Waals surface area (Å²) in [7, 11) is -4.00. The van der Waals surface area contributed by atoms with Gasteiger partial charge in [0.25, 0.3) is 0 Å². The van der Waals surface area contributed by atoms with E-state index in [0.717, 1.165) is 128 Å². The highest BCUT2D eigenvalue weighted by atomic mass is 79.9. The van der Waals surface area contributed by atoms with Crippen LogP contribution >= 0.6 is 15.9 Å². The fourth-order valence-electron chi connectivity index (χ4n) is 12.9. The van der Waals surface area contributed by atoms with Crippen molar-refractivity contribution < 1.29 is 37.2 Å². The van der Waals surface area contributed by atoms with E-state index in [2.05, 4.69) is 142 Å². The van der Waals surface area contributed by atoms with Crippen molar-refractivity contribution in [3.63, 3.8) is 0 Å². The molecule has 3 fully saturated rings. The molecular formula is C74H102BBrN6O8Si2. The third-order valence-electron chi connectivity index (χ3n) is 20.7. The molecule has 0 bridgehead atoms. The number of hydrogen-bond acceptors (Lipinski definition) is 10. The smallest absolute Gasteiger partial charge is 0.443 e. The van der Waals surface area contributed by atoms with Gasteiger partial charge in [0.05, 0.1) is 40.2 Å². The molecule has 0 N–H and O–H groups in total. The van der Waals surface area contributed by atoms with Crippen LogP contribution in [0, 0.1) is 36.5 Å². The van der Waals surface area contributed by atoms with E-state index in [1.807, 2.05) is 119 Å². The zero-order chi connectivity index (χ0) is 67.8. The number of halogens is 1. The molecule has 494 valence electrons. The Morgan fingerprint density at radius 2 is 1.02 bits per heavy atom. The SMILES string of the molecule is CC(C)(C)OC(=O)N1CCc2c(B3OC(C)(C)C(C)(C)O3)cccc21.Cc1cc2c(cc1C#N)c(-c1cccc3c1CCN3C(=O)OC(C)(C)C)cn2[C@@H]1CC[C@@H](O[Si](C)(C)C(C)(C)C)C1.Cc1cc2c(cc1C#N)c(Br)cn2[C@@H]1CC[C@@H](O[Si](C)(C)C(C)(C)C)C1. The molecule has 3 aliphatic heterocycles. The molecule has 14 nitrogen and oxygen atoms in total. The molecule has 2 amide bonds. The topological polar surface area (TPSA) is 153 Å². The van der Waals surface area contributed by atoms with Crippen molar-refractivity contribution in [3.8, 4) is 23.3 Å². The zero-order valence-corrected chi connectivity index (χ0v) is 62.8. The van der Waals surface area contributed by atoms with E-state index in [0.29, 0.717) is 36.8 Å². The minimum atomic E-state index is -1.85. The Bertz CT molecular complexity index is 3850. The highest BCUT2D eigenvalue weighted by Crippen LogP contribution is 2.48. The lowest BCUT2D eigenvalue weighted by atomic mass is 9.75. The van der Waals surface area contributed by atoms with E-state index in [-0.39, 0.29) is 39.6 Å². The van der Waals surface area contributed by atoms with Gasteiger partial charge >= 0.3 is 19.3 Å². The van der Waals surface area contributed by atoms with Crippen molar-refractivity contribution in [3.05, 3.63) is 111 Å². The van der Waals surface area contributed by atoms with Crippen LogP contribution in [0.25, 0.3) is 32.9 Å². The zero-order valence-electron chi connectivity index (χ0n) is 59.2. The second-order valence-corrected chi connectivity index (χ2v) is 42.7. The van der Waals surface area contributed by atoms with Crippen molar-refractivity contribution in [2.24, 2.45) is 0 Å². The van der Waals surface area contributed by atoms with Crippen molar-refractivity contribution >= 4 is 90.5 Å². The first-order valence-electron chi connectivity index (χ1n) is 33.3. The minimum Gasteiger partial charge on any atom is -0.443 e. The van der Waals surface area contributed by atoms with Crippen LogP contribution in [-0.4, -0.2) is 92.8 Å². The van der Waals surface area contributed by atoms with Crippen LogP contribution in [0.5, 0.6) is 0 Å². The summed E-state index contributed by atoms with van der Waals surface area (Å²) in [5, 5.41) is 21.8. The van der Waals surface area contributed by atoms with Crippen LogP contribution in [0.3, 0.4) is 0 Å². The molecule has 1 saturated heterocycles. The summed E-state index contributed by atoms with van der Waals surface area (Å²) in [5.74, 6) is 0. The van der Waals surface area contributed by atoms with E-state index in [1.54, 1.807) is 9.80 Å². The molecule has 2 saturated carbocycles. The summed E-state index contributed by atoms with van der Waals surface area (Å²) < 4.78 is 43.0. The molecule has 11 rings (SSSR count). The molecule has 6 aromatic rings. The van der Waals surface area contributed by atoms with E-state index < -0.39 is 35.0 Å². The van der Waals surface area contributed by atoms with Gasteiger partial charge in [-0.3, -0.25) is 9.80 Å². The number of anilines is 2. The van der Waals surface area contributed by atoms with Gasteiger partial charge in [0.2, 0.25) is 0 Å². The van der Waals surface area contributed by atoms with Crippen LogP contribution in [0.1, 0.15) is 195 Å². The van der Waals surface area contributed by atoms with Gasteiger partial charge in [-0.1, -0.05) is 65.8 Å². The second kappa shape index (κ2) is 25.8. The number of carbonyl (C=O) groups excluding carboxylic acids is 2. The van der Waals surface area contributed by atoms with Gasteiger partial charge in [0.1, 0.15) is 11.2 Å². The second-order valence-electron chi connectivity index (χ2n) is 32.4. The predicted molar refractivity (Wildman–Crippen MR) is 383 cm³/mol. The minimum absolute atomic E-state index is 0.185. The number of rotatable bonds is 8. The summed E-state index contributed by atoms with van der Waals surface area (Å²) in [6.45, 7) is 47.9. The Kier molecular flexibility index (Phi) is 19.8. The summed E-state index contributed by atoms with van der Waals surface area (Å²) in [5.41, 5.74) is 11.3. The molecule has 0 unspecified atom stereocenters. The van der Waals surface area contributed by atoms with Gasteiger partial charge < -0.3 is 36.8 Å². The maximum Gasteiger partial charge on any atom is 0.495 e. The maximum atomic E-state index is 13.0. The Morgan fingerprint density at radius 3 is 1.48 bits per heavy atom. The Balaban J connectivity index is 0.000000171. The first-order chi connectivity index (χ1) is 42.5. The van der Waals surface area contributed by atoms with Crippen molar-refractivity contribution in [2.75, 3.05) is 22.9 Å². The fourth-order valence-corrected chi connectivity index (χ4v) is 16.3. The van der Waals surface area contributed by atoms with Gasteiger partial charge in [0.15, 0.2) is 16.6 Å². The van der Waals surface area contributed by atoms with Gasteiger partial charge in [-0.05, 0) is 256 Å². The van der Waals surface area contributed by atoms with Gasteiger partial charge in [-0.25, -0.2) is 9.59 Å². The van der Waals surface area contributed by atoms with Crippen molar-refractivity contribution in [2.45, 2.75) is 259 Å². The van der Waals surface area contributed by atoms with E-state index in [1.165, 1.54) is 5.52 Å². The Morgan fingerprint density at radius 1 is 0.598 bits per heavy atom. The monoisotopic (exact) mass is 1350 g/mol. The van der Waals surface area contributed by atoms with Crippen LogP contribution < -0.4 is 15.3 Å². The summed E-state index contributed by atoms with van der Waals surface area (Å²) in [6, 6.07) is 26.0. The Hall–Kier alpha value is -5.70. The van der Waals surface area contributed by atoms with Crippen molar-refractivity contribution in [1.82, 2.24) is 9.13 Å². The van der Waals surface area contributed by atoms with Crippen molar-refractivity contribution in [1.29, 1.82) is 10.5 Å². The number of carbonyl (C=O) groups is 2. The molecule has 5 heterocycles. The van der Waals surface area contributed by atoms with Crippen LogP contribution in [0.15, 0.2) is 77.5 Å². The lowest BCUT2D eigenvalue weighted by Crippen LogP contribution is -2.43. The predicted octanol–water partition coefficient (Wildman–Crippen LogP) is 18.9. The number of fused-ring (bicyclic) bond motifs is 4. The van der Waals surface area contributed by atoms with Gasteiger partial charge in [0, 0.05) is 87.3 Å². The van der Waals surface area contributed by atoms with Gasteiger partial charge in [-0.2, -0.15) is 10.5 Å². The lowest BCUT2D eigenvalue weighted by Gasteiger charge is -2.38. The normalized spacial score (nSPS) is 20.5. The average Bonchev–Trinajstić information content (AvgIpc) is 1.61. The standard InChI is InChI=1S/C34H45N3O3Si.C21H29BrN2OSi.C19H28BNO4/c1-22-17-31-28(18-23(22)20-35)29(21-37(31)24-13-14-25(19-24)40-41(8,9)34(5,6)7)26-11-10-12-30-27(26)15-16-36(30)32(38)39-33(2,3)4;1-14-9-20-18(10-15(14)12-23)19(22)13-24(20)16-7-8-17(11-16)25-26(5,6)21(2,3)4;1-17(2,3)23-16(22)21-12-11-13-14(9-8-10-15(13)21)20-24-18(4,5)19(6,7)25-20/h10-12,17-18,21,24-25H,13-16,19H2,1-9H3;9-10,13,16-17H,7-8,11H2,1-6H3;8-10H,11-12H2,1-7H3/t24-,25-;16-,17-;/m11./s1. The van der Waals surface area contributed by atoms with Crippen LogP contribution in [0.4, 0.5) is 21.0 Å². The highest BCUT2D eigenvalue weighted by Gasteiger charge is 2.53. The average molecular weight is 1350 g/mol. The third kappa shape index (κ3) is 14.7. The van der Waals surface area contributed by atoms with E-state index >= 15 is 0 Å². The molecule has 4 atom stereocenters. The number of aryl methyl sites for hydroxylation is 2. The van der Waals surface area contributed by atoms with Crippen LogP contribution in [0.2, 0.25) is 36.3 Å². The largest absolute Gasteiger partial charge is 0.495 e. The number of hydrogen-bond donors (Lipinski definition) is 0. The summed E-state index contributed by atoms with van der Waals surface area (Å²) >= 11 is 3.69. The maximum absolute atomic E-state index is 13.0. The number of aromatic nitrogens is 2. The quantitative estimate of drug-likeness (QED) is 0.135. The highest BCUT2D eigenvalue weighted by molar-refractivity contribution is 9.10. The molecule has 5 aliphatic rings. The fraction of sp³-hybridized carbons (Fsp3) is 0.568. The first kappa shape index (κ1) is 70.6. The third-order valence-corrected chi connectivity index (χ3v) is 30.4. The number of nitriles is 2.